The lowest BCUT2D eigenvalue weighted by Crippen LogP contribution is -2.46. The standard InChI is InChI=1S/C16H21N3O/c1-13-5-7-14(8-6-13)15(20)19-12-9-17-16(19)18-10-3-2-4-11-18/h5-8H,2-4,9-12H2,1H3. The van der Waals surface area contributed by atoms with E-state index < -0.39 is 0 Å². The normalized spacial score (nSPS) is 19.1. The average molecular weight is 271 g/mol. The van der Waals surface area contributed by atoms with Crippen molar-refractivity contribution in [3.8, 4) is 0 Å². The summed E-state index contributed by atoms with van der Waals surface area (Å²) in [6, 6.07) is 7.79. The second-order valence-corrected chi connectivity index (χ2v) is 5.55. The first-order valence-corrected chi connectivity index (χ1v) is 7.43. The molecule has 1 saturated heterocycles. The van der Waals surface area contributed by atoms with Crippen molar-refractivity contribution in [1.29, 1.82) is 0 Å². The number of piperidine rings is 1. The van der Waals surface area contributed by atoms with Crippen molar-refractivity contribution in [3.63, 3.8) is 0 Å². The summed E-state index contributed by atoms with van der Waals surface area (Å²) in [4.78, 5) is 21.3. The number of benzene rings is 1. The van der Waals surface area contributed by atoms with E-state index in [1.807, 2.05) is 36.1 Å². The van der Waals surface area contributed by atoms with Crippen LogP contribution in [0.25, 0.3) is 0 Å². The van der Waals surface area contributed by atoms with Crippen molar-refractivity contribution in [1.82, 2.24) is 9.80 Å². The Bertz CT molecular complexity index is 515. The number of hydrogen-bond donors (Lipinski definition) is 0. The molecule has 0 aromatic heterocycles. The Balaban J connectivity index is 1.77. The second-order valence-electron chi connectivity index (χ2n) is 5.55. The summed E-state index contributed by atoms with van der Waals surface area (Å²) in [5.74, 6) is 0.960. The second kappa shape index (κ2) is 5.65. The van der Waals surface area contributed by atoms with Crippen LogP contribution in [0, 0.1) is 6.92 Å². The first kappa shape index (κ1) is 13.2. The first-order valence-electron chi connectivity index (χ1n) is 7.43. The Morgan fingerprint density at radius 2 is 1.75 bits per heavy atom. The molecule has 0 saturated carbocycles. The average Bonchev–Trinajstić information content (AvgIpc) is 2.97. The lowest BCUT2D eigenvalue weighted by atomic mass is 10.1. The van der Waals surface area contributed by atoms with E-state index in [9.17, 15) is 4.79 Å². The number of amides is 1. The van der Waals surface area contributed by atoms with E-state index in [1.54, 1.807) is 0 Å². The van der Waals surface area contributed by atoms with Crippen molar-refractivity contribution in [2.45, 2.75) is 26.2 Å². The predicted molar refractivity (Wildman–Crippen MR) is 79.9 cm³/mol. The quantitative estimate of drug-likeness (QED) is 0.785. The molecule has 3 rings (SSSR count). The summed E-state index contributed by atoms with van der Waals surface area (Å²) in [6.07, 6.45) is 3.69. The molecular weight excluding hydrogens is 250 g/mol. The van der Waals surface area contributed by atoms with Crippen molar-refractivity contribution in [2.75, 3.05) is 26.2 Å². The number of nitrogens with zero attached hydrogens (tertiary/aromatic N) is 3. The van der Waals surface area contributed by atoms with Gasteiger partial charge in [-0.15, -0.1) is 0 Å². The Morgan fingerprint density at radius 1 is 1.05 bits per heavy atom. The molecule has 2 aliphatic rings. The summed E-state index contributed by atoms with van der Waals surface area (Å²) < 4.78 is 0. The molecule has 1 fully saturated rings. The molecule has 2 aliphatic heterocycles. The Labute approximate surface area is 120 Å². The molecule has 1 amide bonds. The monoisotopic (exact) mass is 271 g/mol. The van der Waals surface area contributed by atoms with Gasteiger partial charge in [0, 0.05) is 25.2 Å². The number of guanidine groups is 1. The maximum absolute atomic E-state index is 12.6. The number of carbonyl (C=O) groups excluding carboxylic acids is 1. The number of likely N-dealkylation sites (tertiary alicyclic amines) is 1. The molecule has 0 unspecified atom stereocenters. The largest absolute Gasteiger partial charge is 0.342 e. The SMILES string of the molecule is Cc1ccc(C(=O)N2CCN=C2N2CCCCC2)cc1. The summed E-state index contributed by atoms with van der Waals surface area (Å²) in [6.45, 7) is 5.51. The minimum atomic E-state index is 0.0758. The van der Waals surface area contributed by atoms with E-state index in [0.717, 1.165) is 31.2 Å². The molecule has 1 aromatic rings. The number of rotatable bonds is 1. The lowest BCUT2D eigenvalue weighted by molar-refractivity contribution is 0.0841. The van der Waals surface area contributed by atoms with E-state index >= 15 is 0 Å². The van der Waals surface area contributed by atoms with E-state index in [4.69, 9.17) is 0 Å². The van der Waals surface area contributed by atoms with Gasteiger partial charge in [-0.05, 0) is 38.3 Å². The number of hydrogen-bond acceptors (Lipinski definition) is 3. The van der Waals surface area contributed by atoms with Gasteiger partial charge in [0.25, 0.3) is 5.91 Å². The van der Waals surface area contributed by atoms with E-state index in [-0.39, 0.29) is 5.91 Å². The zero-order chi connectivity index (χ0) is 13.9. The van der Waals surface area contributed by atoms with Gasteiger partial charge in [0.1, 0.15) is 0 Å². The van der Waals surface area contributed by atoms with Crippen LogP contribution in [0.4, 0.5) is 0 Å². The zero-order valence-corrected chi connectivity index (χ0v) is 12.0. The van der Waals surface area contributed by atoms with E-state index in [2.05, 4.69) is 9.89 Å². The van der Waals surface area contributed by atoms with Crippen LogP contribution in [0.3, 0.4) is 0 Å². The van der Waals surface area contributed by atoms with Gasteiger partial charge in [-0.2, -0.15) is 0 Å². The summed E-state index contributed by atoms with van der Waals surface area (Å²) in [5.41, 5.74) is 1.93. The van der Waals surface area contributed by atoms with Crippen molar-refractivity contribution in [2.24, 2.45) is 4.99 Å². The molecular formula is C16H21N3O. The van der Waals surface area contributed by atoms with Gasteiger partial charge >= 0.3 is 0 Å². The third-order valence-corrected chi connectivity index (χ3v) is 4.00. The van der Waals surface area contributed by atoms with Crippen LogP contribution in [-0.2, 0) is 0 Å². The van der Waals surface area contributed by atoms with Crippen molar-refractivity contribution in [3.05, 3.63) is 35.4 Å². The van der Waals surface area contributed by atoms with Crippen LogP contribution in [0.15, 0.2) is 29.3 Å². The number of carbonyl (C=O) groups is 1. The zero-order valence-electron chi connectivity index (χ0n) is 12.0. The van der Waals surface area contributed by atoms with Crippen LogP contribution in [0.2, 0.25) is 0 Å². The summed E-state index contributed by atoms with van der Waals surface area (Å²) in [7, 11) is 0. The third-order valence-electron chi connectivity index (χ3n) is 4.00. The van der Waals surface area contributed by atoms with Gasteiger partial charge < -0.3 is 4.90 Å². The fourth-order valence-electron chi connectivity index (χ4n) is 2.84. The van der Waals surface area contributed by atoms with Crippen LogP contribution in [0.5, 0.6) is 0 Å². The molecule has 1 aromatic carbocycles. The van der Waals surface area contributed by atoms with Gasteiger partial charge in [0.15, 0.2) is 0 Å². The molecule has 4 heteroatoms. The molecule has 20 heavy (non-hydrogen) atoms. The number of aryl methyl sites for hydroxylation is 1. The minimum Gasteiger partial charge on any atom is -0.342 e. The fourth-order valence-corrected chi connectivity index (χ4v) is 2.84. The highest BCUT2D eigenvalue weighted by Crippen LogP contribution is 2.17. The Kier molecular flexibility index (Phi) is 3.72. The van der Waals surface area contributed by atoms with Gasteiger partial charge in [-0.1, -0.05) is 17.7 Å². The van der Waals surface area contributed by atoms with Crippen LogP contribution in [-0.4, -0.2) is 47.8 Å². The predicted octanol–water partition coefficient (Wildman–Crippen LogP) is 2.29. The van der Waals surface area contributed by atoms with Gasteiger partial charge in [0.05, 0.1) is 6.54 Å². The maximum Gasteiger partial charge on any atom is 0.260 e. The Morgan fingerprint density at radius 3 is 2.45 bits per heavy atom. The number of aliphatic imine (C=N–C) groups is 1. The molecule has 0 bridgehead atoms. The molecule has 106 valence electrons. The molecule has 0 N–H and O–H groups in total. The molecule has 0 spiro atoms. The highest BCUT2D eigenvalue weighted by atomic mass is 16.2. The van der Waals surface area contributed by atoms with Gasteiger partial charge in [0.2, 0.25) is 5.96 Å². The highest BCUT2D eigenvalue weighted by molar-refractivity contribution is 6.06. The summed E-state index contributed by atoms with van der Waals surface area (Å²) >= 11 is 0. The topological polar surface area (TPSA) is 35.9 Å². The molecule has 0 aliphatic carbocycles. The Hall–Kier alpha value is -1.84. The summed E-state index contributed by atoms with van der Waals surface area (Å²) in [5, 5.41) is 0. The smallest absolute Gasteiger partial charge is 0.260 e. The molecule has 2 heterocycles. The fraction of sp³-hybridized carbons (Fsp3) is 0.500. The van der Waals surface area contributed by atoms with Crippen molar-refractivity contribution < 1.29 is 4.79 Å². The van der Waals surface area contributed by atoms with Gasteiger partial charge in [-0.25, -0.2) is 0 Å². The van der Waals surface area contributed by atoms with Crippen LogP contribution in [0.1, 0.15) is 35.2 Å². The van der Waals surface area contributed by atoms with Crippen molar-refractivity contribution >= 4 is 11.9 Å². The first-order chi connectivity index (χ1) is 9.75. The molecule has 4 nitrogen and oxygen atoms in total. The van der Waals surface area contributed by atoms with Gasteiger partial charge in [-0.3, -0.25) is 14.7 Å². The van der Waals surface area contributed by atoms with Crippen LogP contribution >= 0.6 is 0 Å². The maximum atomic E-state index is 12.6. The third kappa shape index (κ3) is 2.55. The lowest BCUT2D eigenvalue weighted by Gasteiger charge is -2.32. The van der Waals surface area contributed by atoms with Crippen LogP contribution < -0.4 is 0 Å². The highest BCUT2D eigenvalue weighted by Gasteiger charge is 2.29. The minimum absolute atomic E-state index is 0.0758. The van der Waals surface area contributed by atoms with E-state index in [1.165, 1.54) is 24.8 Å². The molecule has 0 radical (unpaired) electrons. The molecule has 0 atom stereocenters. The van der Waals surface area contributed by atoms with E-state index in [0.29, 0.717) is 6.54 Å².